The van der Waals surface area contributed by atoms with E-state index < -0.39 is 0 Å². The van der Waals surface area contributed by atoms with Crippen LogP contribution < -0.4 is 11.3 Å². The molecule has 0 fully saturated rings. The highest BCUT2D eigenvalue weighted by atomic mass is 35.5. The average molecular weight is 239 g/mol. The summed E-state index contributed by atoms with van der Waals surface area (Å²) in [4.78, 5) is 0. The van der Waals surface area contributed by atoms with Crippen LogP contribution in [0.15, 0.2) is 36.1 Å². The van der Waals surface area contributed by atoms with E-state index in [4.69, 9.17) is 22.2 Å². The minimum Gasteiger partial charge on any atom is -0.496 e. The molecule has 1 unspecified atom stereocenters. The summed E-state index contributed by atoms with van der Waals surface area (Å²) >= 11 is 6.10. The number of nitrogens with one attached hydrogen (secondary N) is 1. The Kier molecular flexibility index (Phi) is 3.83. The van der Waals surface area contributed by atoms with Gasteiger partial charge in [0.05, 0.1) is 12.6 Å². The van der Waals surface area contributed by atoms with Gasteiger partial charge in [-0.15, -0.1) is 0 Å². The van der Waals surface area contributed by atoms with Crippen molar-refractivity contribution in [2.75, 3.05) is 6.61 Å². The van der Waals surface area contributed by atoms with Gasteiger partial charge in [0.15, 0.2) is 0 Å². The minimum atomic E-state index is 0.00222. The number of nitrogens with two attached hydrogens (primary N) is 1. The molecule has 0 aliphatic carbocycles. The van der Waals surface area contributed by atoms with Crippen LogP contribution in [0, 0.1) is 0 Å². The SMILES string of the molecule is NNC(Cc1ccccc1Cl)C1=CCCO1. The molecular formula is C12H15ClN2O. The Morgan fingerprint density at radius 2 is 2.25 bits per heavy atom. The molecule has 0 amide bonds. The fourth-order valence-electron chi connectivity index (χ4n) is 1.81. The van der Waals surface area contributed by atoms with E-state index >= 15 is 0 Å². The monoisotopic (exact) mass is 238 g/mol. The summed E-state index contributed by atoms with van der Waals surface area (Å²) in [5.41, 5.74) is 3.84. The molecule has 2 rings (SSSR count). The lowest BCUT2D eigenvalue weighted by molar-refractivity contribution is 0.214. The topological polar surface area (TPSA) is 47.3 Å². The minimum absolute atomic E-state index is 0.00222. The number of hydrogen-bond donors (Lipinski definition) is 2. The van der Waals surface area contributed by atoms with Crippen LogP contribution in [0.2, 0.25) is 5.02 Å². The van der Waals surface area contributed by atoms with E-state index in [0.717, 1.165) is 35.8 Å². The molecule has 3 N–H and O–H groups in total. The van der Waals surface area contributed by atoms with Crippen LogP contribution in [-0.4, -0.2) is 12.6 Å². The van der Waals surface area contributed by atoms with Crippen LogP contribution in [0.5, 0.6) is 0 Å². The zero-order valence-corrected chi connectivity index (χ0v) is 9.70. The zero-order valence-electron chi connectivity index (χ0n) is 8.95. The van der Waals surface area contributed by atoms with Gasteiger partial charge < -0.3 is 4.74 Å². The van der Waals surface area contributed by atoms with E-state index in [9.17, 15) is 0 Å². The first-order chi connectivity index (χ1) is 7.81. The van der Waals surface area contributed by atoms with Crippen LogP contribution in [0.1, 0.15) is 12.0 Å². The lowest BCUT2D eigenvalue weighted by atomic mass is 10.0. The summed E-state index contributed by atoms with van der Waals surface area (Å²) in [6, 6.07) is 7.78. The number of ether oxygens (including phenoxy) is 1. The largest absolute Gasteiger partial charge is 0.496 e. The van der Waals surface area contributed by atoms with Crippen molar-refractivity contribution in [3.05, 3.63) is 46.7 Å². The summed E-state index contributed by atoms with van der Waals surface area (Å²) < 4.78 is 5.49. The number of benzene rings is 1. The number of hydrazine groups is 1. The molecule has 0 bridgehead atoms. The highest BCUT2D eigenvalue weighted by Gasteiger charge is 2.18. The second-order valence-corrected chi connectivity index (χ2v) is 4.17. The molecule has 3 nitrogen and oxygen atoms in total. The normalized spacial score (nSPS) is 16.8. The van der Waals surface area contributed by atoms with Gasteiger partial charge in [0.25, 0.3) is 0 Å². The predicted molar refractivity (Wildman–Crippen MR) is 64.9 cm³/mol. The molecule has 1 aromatic rings. The molecule has 16 heavy (non-hydrogen) atoms. The van der Waals surface area contributed by atoms with E-state index in [1.54, 1.807) is 0 Å². The van der Waals surface area contributed by atoms with Crippen molar-refractivity contribution in [1.29, 1.82) is 0 Å². The fraction of sp³-hybridized carbons (Fsp3) is 0.333. The Bertz CT molecular complexity index is 392. The molecule has 1 heterocycles. The Labute approximate surface area is 100 Å². The standard InChI is InChI=1S/C12H15ClN2O/c13-10-5-2-1-4-9(10)8-11(15-14)12-6-3-7-16-12/h1-2,4-6,11,15H,3,7-8,14H2. The molecule has 0 aromatic heterocycles. The van der Waals surface area contributed by atoms with Crippen LogP contribution in [0.4, 0.5) is 0 Å². The predicted octanol–water partition coefficient (Wildman–Crippen LogP) is 2.02. The van der Waals surface area contributed by atoms with E-state index in [0.29, 0.717) is 0 Å². The van der Waals surface area contributed by atoms with Crippen LogP contribution in [0.25, 0.3) is 0 Å². The Morgan fingerprint density at radius 1 is 1.44 bits per heavy atom. The molecule has 0 saturated heterocycles. The maximum atomic E-state index is 6.10. The van der Waals surface area contributed by atoms with Crippen LogP contribution in [-0.2, 0) is 11.2 Å². The van der Waals surface area contributed by atoms with Crippen LogP contribution >= 0.6 is 11.6 Å². The second-order valence-electron chi connectivity index (χ2n) is 3.76. The van der Waals surface area contributed by atoms with Crippen molar-refractivity contribution in [2.24, 2.45) is 5.84 Å². The third kappa shape index (κ3) is 2.55. The smallest absolute Gasteiger partial charge is 0.111 e. The molecular weight excluding hydrogens is 224 g/mol. The summed E-state index contributed by atoms with van der Waals surface area (Å²) in [6.07, 6.45) is 3.76. The van der Waals surface area contributed by atoms with Gasteiger partial charge in [-0.3, -0.25) is 5.84 Å². The van der Waals surface area contributed by atoms with Crippen molar-refractivity contribution >= 4 is 11.6 Å². The van der Waals surface area contributed by atoms with Crippen molar-refractivity contribution in [3.63, 3.8) is 0 Å². The van der Waals surface area contributed by atoms with Gasteiger partial charge in [0.2, 0.25) is 0 Å². The highest BCUT2D eigenvalue weighted by molar-refractivity contribution is 6.31. The molecule has 4 heteroatoms. The van der Waals surface area contributed by atoms with Crippen LogP contribution in [0.3, 0.4) is 0 Å². The zero-order chi connectivity index (χ0) is 11.4. The molecule has 1 aliphatic heterocycles. The second kappa shape index (κ2) is 5.34. The quantitative estimate of drug-likeness (QED) is 0.623. The van der Waals surface area contributed by atoms with Gasteiger partial charge in [-0.05, 0) is 24.1 Å². The molecule has 1 aromatic carbocycles. The van der Waals surface area contributed by atoms with Crippen molar-refractivity contribution in [1.82, 2.24) is 5.43 Å². The lowest BCUT2D eigenvalue weighted by Crippen LogP contribution is -2.38. The number of rotatable bonds is 4. The molecule has 0 radical (unpaired) electrons. The molecule has 0 saturated carbocycles. The first-order valence-electron chi connectivity index (χ1n) is 5.33. The Balaban J connectivity index is 2.10. The molecule has 1 atom stereocenters. The number of hydrogen-bond acceptors (Lipinski definition) is 3. The summed E-state index contributed by atoms with van der Waals surface area (Å²) in [6.45, 7) is 0.746. The van der Waals surface area contributed by atoms with Gasteiger partial charge in [0, 0.05) is 11.4 Å². The first kappa shape index (κ1) is 11.5. The maximum absolute atomic E-state index is 6.10. The van der Waals surface area contributed by atoms with Gasteiger partial charge in [0.1, 0.15) is 5.76 Å². The third-order valence-corrected chi connectivity index (χ3v) is 3.03. The van der Waals surface area contributed by atoms with Gasteiger partial charge in [-0.1, -0.05) is 29.8 Å². The molecule has 0 spiro atoms. The summed E-state index contributed by atoms with van der Waals surface area (Å²) in [5.74, 6) is 6.46. The number of halogens is 1. The van der Waals surface area contributed by atoms with Gasteiger partial charge in [-0.25, -0.2) is 5.43 Å². The lowest BCUT2D eigenvalue weighted by Gasteiger charge is -2.17. The highest BCUT2D eigenvalue weighted by Crippen LogP contribution is 2.21. The molecule has 1 aliphatic rings. The van der Waals surface area contributed by atoms with Crippen molar-refractivity contribution in [2.45, 2.75) is 18.9 Å². The van der Waals surface area contributed by atoms with Gasteiger partial charge in [-0.2, -0.15) is 0 Å². The van der Waals surface area contributed by atoms with E-state index in [1.165, 1.54) is 0 Å². The van der Waals surface area contributed by atoms with Crippen molar-refractivity contribution < 1.29 is 4.74 Å². The van der Waals surface area contributed by atoms with E-state index in [2.05, 4.69) is 11.5 Å². The molecule has 86 valence electrons. The third-order valence-electron chi connectivity index (χ3n) is 2.66. The Morgan fingerprint density at radius 3 is 2.88 bits per heavy atom. The summed E-state index contributed by atoms with van der Waals surface area (Å²) in [5, 5.41) is 0.765. The first-order valence-corrected chi connectivity index (χ1v) is 5.71. The maximum Gasteiger partial charge on any atom is 0.111 e. The average Bonchev–Trinajstić information content (AvgIpc) is 2.81. The fourth-order valence-corrected chi connectivity index (χ4v) is 2.02. The summed E-state index contributed by atoms with van der Waals surface area (Å²) in [7, 11) is 0. The van der Waals surface area contributed by atoms with E-state index in [1.807, 2.05) is 24.3 Å². The van der Waals surface area contributed by atoms with Gasteiger partial charge >= 0.3 is 0 Å². The van der Waals surface area contributed by atoms with Crippen molar-refractivity contribution in [3.8, 4) is 0 Å². The Hall–Kier alpha value is -1.03. The van der Waals surface area contributed by atoms with E-state index in [-0.39, 0.29) is 6.04 Å².